The number of halogens is 1. The van der Waals surface area contributed by atoms with Crippen LogP contribution in [-0.4, -0.2) is 10.1 Å². The lowest BCUT2D eigenvalue weighted by atomic mass is 10.2. The van der Waals surface area contributed by atoms with Crippen molar-refractivity contribution in [2.24, 2.45) is 0 Å². The molecular weight excluding hydrogens is 322 g/mol. The van der Waals surface area contributed by atoms with Crippen molar-refractivity contribution in [1.29, 1.82) is 0 Å². The van der Waals surface area contributed by atoms with Gasteiger partial charge in [-0.05, 0) is 24.3 Å². The molecule has 0 aliphatic carbocycles. The highest BCUT2D eigenvalue weighted by atomic mass is 79.9. The fraction of sp³-hybridized carbons (Fsp3) is 0. The van der Waals surface area contributed by atoms with E-state index in [-0.39, 0.29) is 5.75 Å². The molecule has 1 aromatic heterocycles. The fourth-order valence-electron chi connectivity index (χ4n) is 1.81. The van der Waals surface area contributed by atoms with Crippen LogP contribution in [0.1, 0.15) is 0 Å². The number of aromatic hydroxyl groups is 1. The molecule has 0 amide bonds. The van der Waals surface area contributed by atoms with E-state index < -0.39 is 0 Å². The zero-order chi connectivity index (χ0) is 13.2. The van der Waals surface area contributed by atoms with Gasteiger partial charge in [0, 0.05) is 15.4 Å². The number of nitrogens with zero attached hydrogens (tertiary/aromatic N) is 1. The summed E-state index contributed by atoms with van der Waals surface area (Å²) in [7, 11) is 0. The Hall–Kier alpha value is -1.65. The van der Waals surface area contributed by atoms with Gasteiger partial charge in [-0.3, -0.25) is 0 Å². The SMILES string of the molecule is Oc1ccccc1-c1nc(-c2ccc(Br)cc2)cs1. The Morgan fingerprint density at radius 2 is 1.74 bits per heavy atom. The molecule has 0 unspecified atom stereocenters. The van der Waals surface area contributed by atoms with Crippen molar-refractivity contribution in [3.63, 3.8) is 0 Å². The zero-order valence-corrected chi connectivity index (χ0v) is 12.3. The standard InChI is InChI=1S/C15H10BrNOS/c16-11-7-5-10(6-8-11)13-9-19-15(17-13)12-3-1-2-4-14(12)18/h1-9,18H. The van der Waals surface area contributed by atoms with Crippen molar-refractivity contribution in [1.82, 2.24) is 4.98 Å². The predicted molar refractivity (Wildman–Crippen MR) is 82.4 cm³/mol. The lowest BCUT2D eigenvalue weighted by molar-refractivity contribution is 0.477. The monoisotopic (exact) mass is 331 g/mol. The molecule has 19 heavy (non-hydrogen) atoms. The number of thiazole rings is 1. The first-order valence-corrected chi connectivity index (χ1v) is 7.41. The summed E-state index contributed by atoms with van der Waals surface area (Å²) < 4.78 is 1.05. The van der Waals surface area contributed by atoms with Gasteiger partial charge in [0.15, 0.2) is 0 Å². The third kappa shape index (κ3) is 2.55. The first kappa shape index (κ1) is 12.4. The van der Waals surface area contributed by atoms with Crippen molar-refractivity contribution in [2.75, 3.05) is 0 Å². The highest BCUT2D eigenvalue weighted by Crippen LogP contribution is 2.33. The maximum atomic E-state index is 9.84. The average Bonchev–Trinajstić information content (AvgIpc) is 2.89. The Bertz CT molecular complexity index is 706. The van der Waals surface area contributed by atoms with Crippen LogP contribution in [0, 0.1) is 0 Å². The minimum absolute atomic E-state index is 0.263. The van der Waals surface area contributed by atoms with Gasteiger partial charge in [-0.25, -0.2) is 4.98 Å². The van der Waals surface area contributed by atoms with Gasteiger partial charge in [0.05, 0.1) is 11.3 Å². The Morgan fingerprint density at radius 1 is 1.00 bits per heavy atom. The van der Waals surface area contributed by atoms with Crippen LogP contribution in [0.4, 0.5) is 0 Å². The number of para-hydroxylation sites is 1. The minimum Gasteiger partial charge on any atom is -0.507 e. The maximum absolute atomic E-state index is 9.84. The van der Waals surface area contributed by atoms with E-state index in [9.17, 15) is 5.11 Å². The first-order valence-electron chi connectivity index (χ1n) is 5.74. The summed E-state index contributed by atoms with van der Waals surface area (Å²) in [5.41, 5.74) is 2.77. The molecule has 0 spiro atoms. The molecule has 0 atom stereocenters. The van der Waals surface area contributed by atoms with E-state index in [1.54, 1.807) is 6.07 Å². The molecule has 2 nitrogen and oxygen atoms in total. The number of benzene rings is 2. The molecular formula is C15H10BrNOS. The van der Waals surface area contributed by atoms with Crippen LogP contribution < -0.4 is 0 Å². The fourth-order valence-corrected chi connectivity index (χ4v) is 2.93. The van der Waals surface area contributed by atoms with E-state index in [2.05, 4.69) is 20.9 Å². The smallest absolute Gasteiger partial charge is 0.127 e. The van der Waals surface area contributed by atoms with Crippen LogP contribution in [0.3, 0.4) is 0 Å². The highest BCUT2D eigenvalue weighted by molar-refractivity contribution is 9.10. The summed E-state index contributed by atoms with van der Waals surface area (Å²) >= 11 is 4.95. The highest BCUT2D eigenvalue weighted by Gasteiger charge is 2.09. The van der Waals surface area contributed by atoms with Gasteiger partial charge in [-0.2, -0.15) is 0 Å². The summed E-state index contributed by atoms with van der Waals surface area (Å²) in [6, 6.07) is 15.3. The minimum atomic E-state index is 0.263. The Balaban J connectivity index is 2.00. The number of rotatable bonds is 2. The van der Waals surface area contributed by atoms with Crippen molar-refractivity contribution < 1.29 is 5.11 Å². The first-order chi connectivity index (χ1) is 9.24. The van der Waals surface area contributed by atoms with E-state index in [4.69, 9.17) is 0 Å². The zero-order valence-electron chi connectivity index (χ0n) is 9.88. The lowest BCUT2D eigenvalue weighted by Crippen LogP contribution is -1.80. The summed E-state index contributed by atoms with van der Waals surface area (Å²) in [5.74, 6) is 0.263. The van der Waals surface area contributed by atoms with Crippen molar-refractivity contribution in [3.8, 4) is 27.6 Å². The molecule has 2 aromatic carbocycles. The summed E-state index contributed by atoms with van der Waals surface area (Å²) in [5, 5.41) is 12.7. The molecule has 3 rings (SSSR count). The van der Waals surface area contributed by atoms with Crippen LogP contribution in [0.5, 0.6) is 5.75 Å². The number of hydrogen-bond acceptors (Lipinski definition) is 3. The van der Waals surface area contributed by atoms with Gasteiger partial charge in [0.1, 0.15) is 10.8 Å². The van der Waals surface area contributed by atoms with E-state index in [1.165, 1.54) is 11.3 Å². The van der Waals surface area contributed by atoms with E-state index in [1.807, 2.05) is 47.8 Å². The molecule has 1 N–H and O–H groups in total. The summed E-state index contributed by atoms with van der Waals surface area (Å²) in [6.07, 6.45) is 0. The van der Waals surface area contributed by atoms with Crippen LogP contribution in [-0.2, 0) is 0 Å². The van der Waals surface area contributed by atoms with Crippen LogP contribution in [0.2, 0.25) is 0 Å². The van der Waals surface area contributed by atoms with Crippen molar-refractivity contribution in [3.05, 3.63) is 58.4 Å². The number of phenols is 1. The van der Waals surface area contributed by atoms with Gasteiger partial charge < -0.3 is 5.11 Å². The Labute approximate surface area is 123 Å². The molecule has 0 aliphatic heterocycles. The van der Waals surface area contributed by atoms with Crippen molar-refractivity contribution in [2.45, 2.75) is 0 Å². The second-order valence-electron chi connectivity index (χ2n) is 4.06. The topological polar surface area (TPSA) is 33.1 Å². The summed E-state index contributed by atoms with van der Waals surface area (Å²) in [4.78, 5) is 4.58. The Kier molecular flexibility index (Phi) is 3.36. The second-order valence-corrected chi connectivity index (χ2v) is 5.84. The maximum Gasteiger partial charge on any atom is 0.127 e. The van der Waals surface area contributed by atoms with Gasteiger partial charge in [-0.1, -0.05) is 40.2 Å². The molecule has 4 heteroatoms. The third-order valence-corrected chi connectivity index (χ3v) is 4.18. The molecule has 0 fully saturated rings. The summed E-state index contributed by atoms with van der Waals surface area (Å²) in [6.45, 7) is 0. The largest absolute Gasteiger partial charge is 0.507 e. The molecule has 0 saturated heterocycles. The van der Waals surface area contributed by atoms with Gasteiger partial charge in [0.25, 0.3) is 0 Å². The molecule has 0 radical (unpaired) electrons. The molecule has 94 valence electrons. The number of phenolic OH excluding ortho intramolecular Hbond substituents is 1. The molecule has 0 aliphatic rings. The average molecular weight is 332 g/mol. The molecule has 0 bridgehead atoms. The third-order valence-electron chi connectivity index (χ3n) is 2.78. The number of hydrogen-bond donors (Lipinski definition) is 1. The second kappa shape index (κ2) is 5.15. The molecule has 0 saturated carbocycles. The van der Waals surface area contributed by atoms with Gasteiger partial charge in [-0.15, -0.1) is 11.3 Å². The molecule has 1 heterocycles. The van der Waals surface area contributed by atoms with E-state index >= 15 is 0 Å². The quantitative estimate of drug-likeness (QED) is 0.721. The Morgan fingerprint density at radius 3 is 2.47 bits per heavy atom. The van der Waals surface area contributed by atoms with Gasteiger partial charge >= 0.3 is 0 Å². The van der Waals surface area contributed by atoms with E-state index in [0.717, 1.165) is 26.3 Å². The predicted octanol–water partition coefficient (Wildman–Crippen LogP) is 4.95. The van der Waals surface area contributed by atoms with Crippen LogP contribution in [0.25, 0.3) is 21.8 Å². The lowest BCUT2D eigenvalue weighted by Gasteiger charge is -1.99. The van der Waals surface area contributed by atoms with E-state index in [0.29, 0.717) is 0 Å². The van der Waals surface area contributed by atoms with Crippen molar-refractivity contribution >= 4 is 27.3 Å². The van der Waals surface area contributed by atoms with Gasteiger partial charge in [0.2, 0.25) is 0 Å². The van der Waals surface area contributed by atoms with Crippen LogP contribution in [0.15, 0.2) is 58.4 Å². The normalized spacial score (nSPS) is 10.6. The van der Waals surface area contributed by atoms with Crippen LogP contribution >= 0.6 is 27.3 Å². The molecule has 3 aromatic rings. The number of aromatic nitrogens is 1.